The van der Waals surface area contributed by atoms with Crippen molar-refractivity contribution in [3.05, 3.63) is 40.8 Å². The molecule has 0 unspecified atom stereocenters. The van der Waals surface area contributed by atoms with E-state index in [0.29, 0.717) is 18.4 Å². The van der Waals surface area contributed by atoms with Crippen LogP contribution in [-0.2, 0) is 4.79 Å². The van der Waals surface area contributed by atoms with E-state index in [-0.39, 0.29) is 17.3 Å². The smallest absolute Gasteiger partial charge is 0.293 e. The summed E-state index contributed by atoms with van der Waals surface area (Å²) in [5.74, 6) is -0.235. The number of hydrogen-bond acceptors (Lipinski definition) is 3. The first-order valence-electron chi connectivity index (χ1n) is 4.95. The van der Waals surface area contributed by atoms with E-state index in [2.05, 4.69) is 12.2 Å². The average Bonchev–Trinajstić information content (AvgIpc) is 2.21. The van der Waals surface area contributed by atoms with Crippen LogP contribution in [0.2, 0.25) is 0 Å². The van der Waals surface area contributed by atoms with Gasteiger partial charge in [-0.15, -0.1) is 0 Å². The summed E-state index contributed by atoms with van der Waals surface area (Å²) in [4.78, 5) is 21.6. The molecule has 16 heavy (non-hydrogen) atoms. The summed E-state index contributed by atoms with van der Waals surface area (Å²) in [6, 6.07) is 4.50. The normalized spacial score (nSPS) is 9.88. The van der Waals surface area contributed by atoms with E-state index in [1.165, 1.54) is 12.1 Å². The standard InChI is InChI=1S/C11H13N2O3/c1-3-5-10(14)12-11-8(2)6-4-7-9(11)13(15)16/h4,6-7H,2-3,5H2,1H3,(H,12,14). The molecule has 5 heteroatoms. The fourth-order valence-corrected chi connectivity index (χ4v) is 1.31. The molecule has 1 aromatic rings. The third-order valence-electron chi connectivity index (χ3n) is 2.07. The highest BCUT2D eigenvalue weighted by Crippen LogP contribution is 2.27. The minimum Gasteiger partial charge on any atom is -0.320 e. The van der Waals surface area contributed by atoms with E-state index in [0.717, 1.165) is 0 Å². The van der Waals surface area contributed by atoms with Crippen LogP contribution in [0.3, 0.4) is 0 Å². The first-order valence-corrected chi connectivity index (χ1v) is 4.95. The zero-order valence-corrected chi connectivity index (χ0v) is 9.03. The van der Waals surface area contributed by atoms with Gasteiger partial charge >= 0.3 is 0 Å². The second-order valence-electron chi connectivity index (χ2n) is 3.37. The molecule has 1 rings (SSSR count). The van der Waals surface area contributed by atoms with Crippen LogP contribution in [0.25, 0.3) is 0 Å². The van der Waals surface area contributed by atoms with Crippen molar-refractivity contribution in [2.75, 3.05) is 5.32 Å². The highest BCUT2D eigenvalue weighted by Gasteiger charge is 2.16. The fourth-order valence-electron chi connectivity index (χ4n) is 1.31. The van der Waals surface area contributed by atoms with Crippen molar-refractivity contribution in [1.82, 2.24) is 0 Å². The monoisotopic (exact) mass is 221 g/mol. The van der Waals surface area contributed by atoms with Crippen LogP contribution in [-0.4, -0.2) is 10.8 Å². The van der Waals surface area contributed by atoms with Gasteiger partial charge in [0.15, 0.2) is 0 Å². The molecule has 0 aliphatic heterocycles. The molecule has 0 aliphatic rings. The molecule has 1 aromatic carbocycles. The van der Waals surface area contributed by atoms with Crippen LogP contribution in [0.1, 0.15) is 25.3 Å². The van der Waals surface area contributed by atoms with Crippen LogP contribution in [0, 0.1) is 17.0 Å². The number of amides is 1. The second kappa shape index (κ2) is 5.25. The summed E-state index contributed by atoms with van der Waals surface area (Å²) in [6.45, 7) is 5.52. The van der Waals surface area contributed by atoms with Crippen molar-refractivity contribution in [3.8, 4) is 0 Å². The van der Waals surface area contributed by atoms with E-state index >= 15 is 0 Å². The van der Waals surface area contributed by atoms with Gasteiger partial charge in [-0.05, 0) is 18.9 Å². The summed E-state index contributed by atoms with van der Waals surface area (Å²) in [5, 5.41) is 13.3. The summed E-state index contributed by atoms with van der Waals surface area (Å²) < 4.78 is 0. The van der Waals surface area contributed by atoms with Crippen LogP contribution in [0.5, 0.6) is 0 Å². The van der Waals surface area contributed by atoms with E-state index in [9.17, 15) is 14.9 Å². The number of rotatable bonds is 4. The quantitative estimate of drug-likeness (QED) is 0.627. The molecular weight excluding hydrogens is 208 g/mol. The Labute approximate surface area is 93.6 Å². The zero-order valence-electron chi connectivity index (χ0n) is 9.03. The molecule has 0 heterocycles. The molecule has 5 nitrogen and oxygen atoms in total. The van der Waals surface area contributed by atoms with Gasteiger partial charge in [-0.25, -0.2) is 0 Å². The zero-order chi connectivity index (χ0) is 12.1. The highest BCUT2D eigenvalue weighted by molar-refractivity contribution is 5.94. The maximum Gasteiger partial charge on any atom is 0.293 e. The number of carbonyl (C=O) groups excluding carboxylic acids is 1. The lowest BCUT2D eigenvalue weighted by molar-refractivity contribution is -0.384. The minimum atomic E-state index is -0.532. The second-order valence-corrected chi connectivity index (χ2v) is 3.37. The molecule has 0 saturated carbocycles. The van der Waals surface area contributed by atoms with E-state index in [1.54, 1.807) is 6.07 Å². The van der Waals surface area contributed by atoms with Crippen molar-refractivity contribution < 1.29 is 9.72 Å². The van der Waals surface area contributed by atoms with Gasteiger partial charge in [0, 0.05) is 12.5 Å². The first kappa shape index (κ1) is 12.2. The maximum absolute atomic E-state index is 11.4. The number of nitrogens with zero attached hydrogens (tertiary/aromatic N) is 1. The number of carbonyl (C=O) groups is 1. The number of hydrogen-bond donors (Lipinski definition) is 1. The molecule has 0 fully saturated rings. The first-order chi connectivity index (χ1) is 7.56. The molecule has 0 aromatic heterocycles. The lowest BCUT2D eigenvalue weighted by Gasteiger charge is -2.07. The van der Waals surface area contributed by atoms with Gasteiger partial charge in [-0.1, -0.05) is 19.1 Å². The Bertz CT molecular complexity index is 416. The third kappa shape index (κ3) is 2.79. The van der Waals surface area contributed by atoms with Gasteiger partial charge in [-0.2, -0.15) is 0 Å². The van der Waals surface area contributed by atoms with Crippen LogP contribution < -0.4 is 5.32 Å². The Kier molecular flexibility index (Phi) is 3.99. The van der Waals surface area contributed by atoms with Crippen molar-refractivity contribution in [2.24, 2.45) is 0 Å². The Morgan fingerprint density at radius 2 is 2.25 bits per heavy atom. The summed E-state index contributed by atoms with van der Waals surface area (Å²) in [6.07, 6.45) is 1.03. The molecule has 1 N–H and O–H groups in total. The lowest BCUT2D eigenvalue weighted by Crippen LogP contribution is -2.13. The van der Waals surface area contributed by atoms with Crippen molar-refractivity contribution >= 4 is 17.3 Å². The molecular formula is C11H13N2O3. The van der Waals surface area contributed by atoms with Crippen molar-refractivity contribution in [3.63, 3.8) is 0 Å². The number of nitrogens with one attached hydrogen (secondary N) is 1. The summed E-state index contributed by atoms with van der Waals surface area (Å²) >= 11 is 0. The lowest BCUT2D eigenvalue weighted by atomic mass is 10.1. The molecule has 0 spiro atoms. The summed E-state index contributed by atoms with van der Waals surface area (Å²) in [5.41, 5.74) is 0.501. The molecule has 0 bridgehead atoms. The predicted molar refractivity (Wildman–Crippen MR) is 61.1 cm³/mol. The van der Waals surface area contributed by atoms with Gasteiger partial charge in [0.1, 0.15) is 5.69 Å². The van der Waals surface area contributed by atoms with Crippen molar-refractivity contribution in [2.45, 2.75) is 19.8 Å². The number of nitro groups is 1. The summed E-state index contributed by atoms with van der Waals surface area (Å²) in [7, 11) is 0. The molecule has 85 valence electrons. The van der Waals surface area contributed by atoms with Gasteiger partial charge in [-0.3, -0.25) is 14.9 Å². The molecule has 0 saturated heterocycles. The Morgan fingerprint density at radius 1 is 1.56 bits per heavy atom. The fraction of sp³-hybridized carbons (Fsp3) is 0.273. The maximum atomic E-state index is 11.4. The Balaban J connectivity index is 3.01. The van der Waals surface area contributed by atoms with Gasteiger partial charge in [0.25, 0.3) is 5.69 Å². The topological polar surface area (TPSA) is 72.2 Å². The van der Waals surface area contributed by atoms with Crippen LogP contribution >= 0.6 is 0 Å². The van der Waals surface area contributed by atoms with E-state index in [1.807, 2.05) is 6.92 Å². The Morgan fingerprint density at radius 3 is 2.81 bits per heavy atom. The largest absolute Gasteiger partial charge is 0.320 e. The Hall–Kier alpha value is -1.91. The SMILES string of the molecule is [CH2]c1cccc([N+](=O)[O-])c1NC(=O)CCC. The van der Waals surface area contributed by atoms with E-state index < -0.39 is 4.92 Å². The number of anilines is 1. The minimum absolute atomic E-state index is 0.128. The number of para-hydroxylation sites is 1. The number of benzene rings is 1. The molecule has 1 radical (unpaired) electrons. The van der Waals surface area contributed by atoms with Crippen LogP contribution in [0.15, 0.2) is 18.2 Å². The number of nitro benzene ring substituents is 1. The van der Waals surface area contributed by atoms with Crippen molar-refractivity contribution in [1.29, 1.82) is 0 Å². The molecule has 1 amide bonds. The molecule has 0 aliphatic carbocycles. The third-order valence-corrected chi connectivity index (χ3v) is 2.07. The predicted octanol–water partition coefficient (Wildman–Crippen LogP) is 2.52. The van der Waals surface area contributed by atoms with Crippen LogP contribution in [0.4, 0.5) is 11.4 Å². The molecule has 0 atom stereocenters. The van der Waals surface area contributed by atoms with Gasteiger partial charge in [0.05, 0.1) is 4.92 Å². The van der Waals surface area contributed by atoms with Gasteiger partial charge < -0.3 is 5.32 Å². The highest BCUT2D eigenvalue weighted by atomic mass is 16.6. The average molecular weight is 221 g/mol. The van der Waals surface area contributed by atoms with Gasteiger partial charge in [0.2, 0.25) is 5.91 Å². The van der Waals surface area contributed by atoms with E-state index in [4.69, 9.17) is 0 Å².